The molecule has 0 spiro atoms. The summed E-state index contributed by atoms with van der Waals surface area (Å²) in [7, 11) is 0. The zero-order valence-corrected chi connectivity index (χ0v) is 12.5. The van der Waals surface area contributed by atoms with Gasteiger partial charge >= 0.3 is 0 Å². The Hall–Kier alpha value is -0.610. The maximum atomic E-state index is 12.6. The Morgan fingerprint density at radius 3 is 2.58 bits per heavy atom. The molecule has 2 aliphatic rings. The summed E-state index contributed by atoms with van der Waals surface area (Å²) in [5, 5.41) is 0. The molecule has 1 saturated heterocycles. The quantitative estimate of drug-likeness (QED) is 0.820. The van der Waals surface area contributed by atoms with E-state index < -0.39 is 0 Å². The van der Waals surface area contributed by atoms with Gasteiger partial charge in [-0.3, -0.25) is 9.69 Å². The molecule has 0 aromatic carbocycles. The maximum absolute atomic E-state index is 12.6. The number of rotatable bonds is 5. The fraction of sp³-hybridized carbons (Fsp3) is 0.933. The van der Waals surface area contributed by atoms with Crippen LogP contribution >= 0.6 is 0 Å². The topological polar surface area (TPSA) is 49.6 Å². The molecule has 110 valence electrons. The molecule has 0 aromatic heterocycles. The predicted molar refractivity (Wildman–Crippen MR) is 77.8 cm³/mol. The molecule has 4 nitrogen and oxygen atoms in total. The summed E-state index contributed by atoms with van der Waals surface area (Å²) in [6.07, 6.45) is 6.02. The van der Waals surface area contributed by atoms with Crippen molar-refractivity contribution in [2.45, 2.75) is 58.0 Å². The summed E-state index contributed by atoms with van der Waals surface area (Å²) in [6.45, 7) is 7.85. The smallest absolute Gasteiger partial charge is 0.239 e. The number of nitrogens with zero attached hydrogens (tertiary/aromatic N) is 2. The minimum atomic E-state index is 0.0141. The lowest BCUT2D eigenvalue weighted by molar-refractivity contribution is -0.136. The van der Waals surface area contributed by atoms with Crippen LogP contribution in [0.2, 0.25) is 0 Å². The first-order chi connectivity index (χ1) is 9.19. The number of likely N-dealkylation sites (tertiary alicyclic amines) is 1. The van der Waals surface area contributed by atoms with Crippen LogP contribution in [0.3, 0.4) is 0 Å². The molecule has 1 amide bonds. The Labute approximate surface area is 117 Å². The third-order valence-corrected chi connectivity index (χ3v) is 4.99. The van der Waals surface area contributed by atoms with E-state index in [0.717, 1.165) is 26.2 Å². The van der Waals surface area contributed by atoms with Crippen molar-refractivity contribution in [2.75, 3.05) is 26.2 Å². The monoisotopic (exact) mass is 267 g/mol. The van der Waals surface area contributed by atoms with Gasteiger partial charge in [0.1, 0.15) is 0 Å². The van der Waals surface area contributed by atoms with E-state index in [1.54, 1.807) is 0 Å². The lowest BCUT2D eigenvalue weighted by atomic mass is 10.0. The van der Waals surface area contributed by atoms with E-state index in [1.807, 2.05) is 4.90 Å². The van der Waals surface area contributed by atoms with Crippen molar-refractivity contribution in [1.29, 1.82) is 0 Å². The largest absolute Gasteiger partial charge is 0.341 e. The molecule has 0 bridgehead atoms. The molecule has 0 radical (unpaired) electrons. The van der Waals surface area contributed by atoms with Crippen LogP contribution in [-0.2, 0) is 4.79 Å². The average molecular weight is 267 g/mol. The van der Waals surface area contributed by atoms with Crippen LogP contribution in [0.15, 0.2) is 0 Å². The van der Waals surface area contributed by atoms with Gasteiger partial charge in [0.2, 0.25) is 5.91 Å². The number of carbonyl (C=O) groups excluding carboxylic acids is 1. The summed E-state index contributed by atoms with van der Waals surface area (Å²) in [4.78, 5) is 17.0. The fourth-order valence-corrected chi connectivity index (χ4v) is 3.87. The molecule has 1 aliphatic carbocycles. The molecule has 19 heavy (non-hydrogen) atoms. The molecule has 2 fully saturated rings. The molecule has 1 saturated carbocycles. The summed E-state index contributed by atoms with van der Waals surface area (Å²) in [5.74, 6) is 0.899. The number of hydrogen-bond donors (Lipinski definition) is 1. The molecule has 1 aliphatic heterocycles. The fourth-order valence-electron chi connectivity index (χ4n) is 3.87. The van der Waals surface area contributed by atoms with Crippen molar-refractivity contribution >= 4 is 5.91 Å². The Morgan fingerprint density at radius 1 is 1.32 bits per heavy atom. The highest BCUT2D eigenvalue weighted by atomic mass is 16.2. The van der Waals surface area contributed by atoms with Crippen LogP contribution in [-0.4, -0.2) is 54.0 Å². The molecular weight excluding hydrogens is 238 g/mol. The van der Waals surface area contributed by atoms with Crippen LogP contribution in [0, 0.1) is 5.92 Å². The van der Waals surface area contributed by atoms with Crippen molar-refractivity contribution in [3.63, 3.8) is 0 Å². The van der Waals surface area contributed by atoms with Gasteiger partial charge in [-0.2, -0.15) is 0 Å². The minimum Gasteiger partial charge on any atom is -0.341 e. The van der Waals surface area contributed by atoms with E-state index in [-0.39, 0.29) is 6.04 Å². The van der Waals surface area contributed by atoms with Crippen LogP contribution in [0.4, 0.5) is 0 Å². The van der Waals surface area contributed by atoms with Crippen molar-refractivity contribution in [3.8, 4) is 0 Å². The zero-order chi connectivity index (χ0) is 13.8. The number of likely N-dealkylation sites (N-methyl/N-ethyl adjacent to an activating group) is 1. The zero-order valence-electron chi connectivity index (χ0n) is 12.5. The molecule has 1 heterocycles. The van der Waals surface area contributed by atoms with Gasteiger partial charge in [-0.25, -0.2) is 0 Å². The summed E-state index contributed by atoms with van der Waals surface area (Å²) in [5.41, 5.74) is 5.89. The molecule has 3 unspecified atom stereocenters. The lowest BCUT2D eigenvalue weighted by Crippen LogP contribution is -2.52. The van der Waals surface area contributed by atoms with E-state index in [1.165, 1.54) is 32.1 Å². The Bertz CT molecular complexity index is 302. The van der Waals surface area contributed by atoms with E-state index in [2.05, 4.69) is 18.7 Å². The molecule has 3 atom stereocenters. The van der Waals surface area contributed by atoms with Crippen LogP contribution in [0.1, 0.15) is 46.0 Å². The van der Waals surface area contributed by atoms with E-state index in [0.29, 0.717) is 17.9 Å². The molecule has 4 heteroatoms. The average Bonchev–Trinajstić information content (AvgIpc) is 3.09. The highest BCUT2D eigenvalue weighted by Crippen LogP contribution is 2.30. The van der Waals surface area contributed by atoms with Crippen LogP contribution in [0.5, 0.6) is 0 Å². The molecule has 0 aromatic rings. The Morgan fingerprint density at radius 2 is 2.00 bits per heavy atom. The summed E-state index contributed by atoms with van der Waals surface area (Å²) in [6, 6.07) is 0.525. The van der Waals surface area contributed by atoms with Gasteiger partial charge in [0.15, 0.2) is 0 Å². The van der Waals surface area contributed by atoms with Gasteiger partial charge in [-0.1, -0.05) is 13.3 Å². The Kier molecular flexibility index (Phi) is 5.22. The first-order valence-corrected chi connectivity index (χ1v) is 7.93. The SMILES string of the molecule is CCN(C(C)C(=O)N1CCCC1)C1CCCC1CN. The van der Waals surface area contributed by atoms with Crippen LogP contribution in [0.25, 0.3) is 0 Å². The van der Waals surface area contributed by atoms with Gasteiger partial charge in [0.25, 0.3) is 0 Å². The minimum absolute atomic E-state index is 0.0141. The number of carbonyl (C=O) groups is 1. The first kappa shape index (κ1) is 14.8. The van der Waals surface area contributed by atoms with Crippen LogP contribution < -0.4 is 5.73 Å². The van der Waals surface area contributed by atoms with Gasteiger partial charge < -0.3 is 10.6 Å². The van der Waals surface area contributed by atoms with Gasteiger partial charge in [-0.05, 0) is 51.6 Å². The van der Waals surface area contributed by atoms with Gasteiger partial charge in [0, 0.05) is 19.1 Å². The van der Waals surface area contributed by atoms with E-state index in [9.17, 15) is 4.79 Å². The molecule has 2 N–H and O–H groups in total. The summed E-state index contributed by atoms with van der Waals surface area (Å²) < 4.78 is 0. The molecular formula is C15H29N3O. The van der Waals surface area contributed by atoms with Crippen molar-refractivity contribution in [2.24, 2.45) is 11.7 Å². The third kappa shape index (κ3) is 3.11. The number of nitrogens with two attached hydrogens (primary N) is 1. The first-order valence-electron chi connectivity index (χ1n) is 7.93. The lowest BCUT2D eigenvalue weighted by Gasteiger charge is -2.37. The predicted octanol–water partition coefficient (Wildman–Crippen LogP) is 1.45. The number of hydrogen-bond acceptors (Lipinski definition) is 3. The standard InChI is InChI=1S/C15H29N3O/c1-3-18(14-8-6-7-13(14)11-16)12(2)15(19)17-9-4-5-10-17/h12-14H,3-11,16H2,1-2H3. The number of amides is 1. The van der Waals surface area contributed by atoms with Crippen molar-refractivity contribution in [1.82, 2.24) is 9.80 Å². The highest BCUT2D eigenvalue weighted by molar-refractivity contribution is 5.81. The van der Waals surface area contributed by atoms with Gasteiger partial charge in [-0.15, -0.1) is 0 Å². The normalized spacial score (nSPS) is 29.2. The second-order valence-electron chi connectivity index (χ2n) is 6.03. The van der Waals surface area contributed by atoms with E-state index in [4.69, 9.17) is 5.73 Å². The second kappa shape index (κ2) is 6.71. The van der Waals surface area contributed by atoms with Crippen molar-refractivity contribution in [3.05, 3.63) is 0 Å². The highest BCUT2D eigenvalue weighted by Gasteiger charge is 2.36. The molecule has 2 rings (SSSR count). The Balaban J connectivity index is 2.01. The summed E-state index contributed by atoms with van der Waals surface area (Å²) >= 11 is 0. The van der Waals surface area contributed by atoms with Gasteiger partial charge in [0.05, 0.1) is 6.04 Å². The third-order valence-electron chi connectivity index (χ3n) is 4.99. The van der Waals surface area contributed by atoms with Crippen molar-refractivity contribution < 1.29 is 4.79 Å². The maximum Gasteiger partial charge on any atom is 0.239 e. The second-order valence-corrected chi connectivity index (χ2v) is 6.03. The van der Waals surface area contributed by atoms with E-state index >= 15 is 0 Å².